The highest BCUT2D eigenvalue weighted by molar-refractivity contribution is 6.05. The van der Waals surface area contributed by atoms with Gasteiger partial charge in [0.05, 0.1) is 4.92 Å². The summed E-state index contributed by atoms with van der Waals surface area (Å²) < 4.78 is 13.2. The molecule has 3 aromatic carbocycles. The van der Waals surface area contributed by atoms with Gasteiger partial charge in [0.2, 0.25) is 0 Å². The molecule has 1 heterocycles. The third-order valence-corrected chi connectivity index (χ3v) is 5.89. The van der Waals surface area contributed by atoms with E-state index in [1.807, 2.05) is 36.1 Å². The number of hydrogen-bond acceptors (Lipinski definition) is 5. The number of nitro benzene ring substituents is 1. The lowest BCUT2D eigenvalue weighted by Gasteiger charge is -2.37. The summed E-state index contributed by atoms with van der Waals surface area (Å²) in [5.41, 5.74) is 3.25. The summed E-state index contributed by atoms with van der Waals surface area (Å²) in [6.07, 6.45) is 0.763. The number of amides is 1. The van der Waals surface area contributed by atoms with Gasteiger partial charge in [0, 0.05) is 49.2 Å². The van der Waals surface area contributed by atoms with Crippen LogP contribution in [0.3, 0.4) is 0 Å². The summed E-state index contributed by atoms with van der Waals surface area (Å²) in [7, 11) is 0. The van der Waals surface area contributed by atoms with Crippen LogP contribution in [0.1, 0.15) is 22.8 Å². The molecule has 0 aromatic heterocycles. The van der Waals surface area contributed by atoms with Crippen LogP contribution in [0.25, 0.3) is 0 Å². The Labute approximate surface area is 191 Å². The number of para-hydroxylation sites is 1. The summed E-state index contributed by atoms with van der Waals surface area (Å²) in [4.78, 5) is 28.2. The number of hydrogen-bond donors (Lipinski definition) is 1. The van der Waals surface area contributed by atoms with Gasteiger partial charge in [0.15, 0.2) is 0 Å². The van der Waals surface area contributed by atoms with Crippen molar-refractivity contribution in [3.63, 3.8) is 0 Å². The first-order valence-corrected chi connectivity index (χ1v) is 10.9. The molecular formula is C25H25FN4O3. The molecule has 0 bridgehead atoms. The van der Waals surface area contributed by atoms with Crippen molar-refractivity contribution in [3.8, 4) is 0 Å². The van der Waals surface area contributed by atoms with Gasteiger partial charge < -0.3 is 15.1 Å². The second kappa shape index (κ2) is 9.68. The maximum atomic E-state index is 13.2. The van der Waals surface area contributed by atoms with E-state index in [0.717, 1.165) is 17.7 Å². The summed E-state index contributed by atoms with van der Waals surface area (Å²) in [5.74, 6) is -0.665. The number of piperazine rings is 1. The van der Waals surface area contributed by atoms with Crippen molar-refractivity contribution in [3.05, 3.63) is 93.8 Å². The second-order valence-electron chi connectivity index (χ2n) is 7.88. The van der Waals surface area contributed by atoms with Gasteiger partial charge in [-0.15, -0.1) is 0 Å². The highest BCUT2D eigenvalue weighted by atomic mass is 19.1. The third kappa shape index (κ3) is 4.95. The van der Waals surface area contributed by atoms with E-state index in [2.05, 4.69) is 10.2 Å². The van der Waals surface area contributed by atoms with E-state index < -0.39 is 4.92 Å². The summed E-state index contributed by atoms with van der Waals surface area (Å²) in [6.45, 7) is 4.46. The minimum atomic E-state index is -0.446. The van der Waals surface area contributed by atoms with Crippen LogP contribution in [-0.2, 0) is 6.42 Å². The summed E-state index contributed by atoms with van der Waals surface area (Å²) in [6, 6.07) is 18.4. The first kappa shape index (κ1) is 22.3. The number of halogens is 1. The monoisotopic (exact) mass is 448 g/mol. The van der Waals surface area contributed by atoms with E-state index in [1.54, 1.807) is 24.3 Å². The molecule has 1 amide bonds. The molecule has 0 saturated carbocycles. The highest BCUT2D eigenvalue weighted by Gasteiger charge is 2.25. The molecule has 0 unspecified atom stereocenters. The fourth-order valence-electron chi connectivity index (χ4n) is 4.08. The van der Waals surface area contributed by atoms with Crippen molar-refractivity contribution in [1.29, 1.82) is 0 Å². The maximum Gasteiger partial charge on any atom is 0.293 e. The number of aryl methyl sites for hydroxylation is 1. The molecule has 0 aliphatic carbocycles. The van der Waals surface area contributed by atoms with E-state index >= 15 is 0 Å². The number of rotatable bonds is 6. The molecule has 1 aliphatic heterocycles. The number of nitrogens with one attached hydrogen (secondary N) is 1. The van der Waals surface area contributed by atoms with Gasteiger partial charge in [-0.25, -0.2) is 4.39 Å². The maximum absolute atomic E-state index is 13.2. The van der Waals surface area contributed by atoms with E-state index in [-0.39, 0.29) is 23.0 Å². The van der Waals surface area contributed by atoms with E-state index in [4.69, 9.17) is 0 Å². The Bertz CT molecular complexity index is 1160. The van der Waals surface area contributed by atoms with Crippen molar-refractivity contribution in [1.82, 2.24) is 0 Å². The molecule has 0 atom stereocenters. The van der Waals surface area contributed by atoms with Crippen LogP contribution in [0, 0.1) is 15.9 Å². The molecule has 33 heavy (non-hydrogen) atoms. The number of benzene rings is 3. The first-order valence-electron chi connectivity index (χ1n) is 10.9. The van der Waals surface area contributed by atoms with Crippen LogP contribution in [0.2, 0.25) is 0 Å². The first-order chi connectivity index (χ1) is 16.0. The van der Waals surface area contributed by atoms with Crippen LogP contribution < -0.4 is 15.1 Å². The SMILES string of the molecule is CCc1ccccc1NC(=O)c1ccc(N2CCN(c3ccc(F)cc3)CC2)c([N+](=O)[O-])c1. The zero-order valence-electron chi connectivity index (χ0n) is 18.3. The normalized spacial score (nSPS) is 13.6. The Morgan fingerprint density at radius 2 is 1.67 bits per heavy atom. The molecule has 7 nitrogen and oxygen atoms in total. The quantitative estimate of drug-likeness (QED) is 0.430. The molecule has 3 aromatic rings. The Kier molecular flexibility index (Phi) is 6.53. The highest BCUT2D eigenvalue weighted by Crippen LogP contribution is 2.31. The second-order valence-corrected chi connectivity index (χ2v) is 7.88. The van der Waals surface area contributed by atoms with Crippen LogP contribution in [-0.4, -0.2) is 37.0 Å². The van der Waals surface area contributed by atoms with Gasteiger partial charge in [0.25, 0.3) is 11.6 Å². The Morgan fingerprint density at radius 1 is 1.00 bits per heavy atom. The number of nitrogens with zero attached hydrogens (tertiary/aromatic N) is 3. The average molecular weight is 448 g/mol. The lowest BCUT2D eigenvalue weighted by Crippen LogP contribution is -2.46. The summed E-state index contributed by atoms with van der Waals surface area (Å²) >= 11 is 0. The van der Waals surface area contributed by atoms with Crippen molar-refractivity contribution in [2.24, 2.45) is 0 Å². The van der Waals surface area contributed by atoms with Crippen LogP contribution in [0.4, 0.5) is 27.1 Å². The minimum absolute atomic E-state index is 0.0957. The third-order valence-electron chi connectivity index (χ3n) is 5.89. The number of anilines is 3. The van der Waals surface area contributed by atoms with Crippen LogP contribution in [0.15, 0.2) is 66.7 Å². The van der Waals surface area contributed by atoms with E-state index in [1.165, 1.54) is 18.2 Å². The van der Waals surface area contributed by atoms with Crippen molar-refractivity contribution in [2.45, 2.75) is 13.3 Å². The number of carbonyl (C=O) groups is 1. The molecule has 1 saturated heterocycles. The smallest absolute Gasteiger partial charge is 0.293 e. The average Bonchev–Trinajstić information content (AvgIpc) is 2.84. The van der Waals surface area contributed by atoms with Crippen LogP contribution >= 0.6 is 0 Å². The number of carbonyl (C=O) groups excluding carboxylic acids is 1. The van der Waals surface area contributed by atoms with Gasteiger partial charge in [-0.3, -0.25) is 14.9 Å². The van der Waals surface area contributed by atoms with Gasteiger partial charge in [-0.05, 0) is 54.4 Å². The molecular weight excluding hydrogens is 423 g/mol. The lowest BCUT2D eigenvalue weighted by atomic mass is 10.1. The zero-order valence-corrected chi connectivity index (χ0v) is 18.3. The minimum Gasteiger partial charge on any atom is -0.368 e. The van der Waals surface area contributed by atoms with E-state index in [0.29, 0.717) is 37.6 Å². The lowest BCUT2D eigenvalue weighted by molar-refractivity contribution is -0.384. The molecule has 0 spiro atoms. The Hall–Kier alpha value is -3.94. The molecule has 4 rings (SSSR count). The predicted molar refractivity (Wildman–Crippen MR) is 128 cm³/mol. The molecule has 170 valence electrons. The van der Waals surface area contributed by atoms with Gasteiger partial charge in [0.1, 0.15) is 11.5 Å². The molecule has 1 aliphatic rings. The number of nitro groups is 1. The Balaban J connectivity index is 1.50. The zero-order chi connectivity index (χ0) is 23.4. The Morgan fingerprint density at radius 3 is 2.33 bits per heavy atom. The van der Waals surface area contributed by atoms with Crippen molar-refractivity contribution < 1.29 is 14.1 Å². The fraction of sp³-hybridized carbons (Fsp3) is 0.240. The summed E-state index contributed by atoms with van der Waals surface area (Å²) in [5, 5.41) is 14.7. The standard InChI is InChI=1S/C25H25FN4O3/c1-2-18-5-3-4-6-22(18)27-25(31)19-7-12-23(24(17-19)30(32)33)29-15-13-28(14-16-29)21-10-8-20(26)9-11-21/h3-12,17H,2,13-16H2,1H3,(H,27,31). The molecule has 1 N–H and O–H groups in total. The van der Waals surface area contributed by atoms with Crippen molar-refractivity contribution in [2.75, 3.05) is 41.3 Å². The van der Waals surface area contributed by atoms with Crippen LogP contribution in [0.5, 0.6) is 0 Å². The van der Waals surface area contributed by atoms with E-state index in [9.17, 15) is 19.3 Å². The van der Waals surface area contributed by atoms with Gasteiger partial charge in [-0.2, -0.15) is 0 Å². The van der Waals surface area contributed by atoms with Gasteiger partial charge >= 0.3 is 0 Å². The fourth-order valence-corrected chi connectivity index (χ4v) is 4.08. The molecule has 8 heteroatoms. The van der Waals surface area contributed by atoms with Gasteiger partial charge in [-0.1, -0.05) is 25.1 Å². The molecule has 1 fully saturated rings. The largest absolute Gasteiger partial charge is 0.368 e. The molecule has 0 radical (unpaired) electrons. The topological polar surface area (TPSA) is 78.7 Å². The predicted octanol–water partition coefficient (Wildman–Crippen LogP) is 4.88. The van der Waals surface area contributed by atoms with Crippen molar-refractivity contribution >= 4 is 28.7 Å².